The van der Waals surface area contributed by atoms with Crippen LogP contribution in [0.25, 0.3) is 0 Å². The molecule has 0 unspecified atom stereocenters. The van der Waals surface area contributed by atoms with Gasteiger partial charge in [-0.2, -0.15) is 11.8 Å². The maximum atomic E-state index is 6.01. The summed E-state index contributed by atoms with van der Waals surface area (Å²) in [6, 6.07) is 1.12. The van der Waals surface area contributed by atoms with Crippen molar-refractivity contribution in [3.05, 3.63) is 0 Å². The maximum absolute atomic E-state index is 6.01. The van der Waals surface area contributed by atoms with Gasteiger partial charge in [-0.3, -0.25) is 4.90 Å². The summed E-state index contributed by atoms with van der Waals surface area (Å²) in [5, 5.41) is 0. The van der Waals surface area contributed by atoms with Crippen molar-refractivity contribution in [2.45, 2.75) is 19.0 Å². The number of ether oxygens (including phenoxy) is 1. The van der Waals surface area contributed by atoms with E-state index in [9.17, 15) is 0 Å². The fourth-order valence-corrected chi connectivity index (χ4v) is 5.51. The monoisotopic (exact) mass is 291 g/mol. The molecule has 0 aromatic rings. The Morgan fingerprint density at radius 3 is 2.39 bits per heavy atom. The molecule has 18 heavy (non-hydrogen) atoms. The summed E-state index contributed by atoms with van der Waals surface area (Å²) in [5.41, 5.74) is 0. The van der Waals surface area contributed by atoms with Gasteiger partial charge >= 0.3 is 8.56 Å². The molecule has 2 fully saturated rings. The number of morpholine rings is 1. The van der Waals surface area contributed by atoms with E-state index in [2.05, 4.69) is 11.4 Å². The SMILES string of the molecule is C[Si]1(CCCN2CCOCC2)OCCSCCO1. The van der Waals surface area contributed by atoms with Gasteiger partial charge in [0, 0.05) is 37.8 Å². The van der Waals surface area contributed by atoms with Gasteiger partial charge in [0.05, 0.1) is 13.2 Å². The molecule has 106 valence electrons. The topological polar surface area (TPSA) is 30.9 Å². The Labute approximate surface area is 116 Å². The fraction of sp³-hybridized carbons (Fsp3) is 1.00. The van der Waals surface area contributed by atoms with E-state index in [0.29, 0.717) is 0 Å². The first-order valence-electron chi connectivity index (χ1n) is 6.94. The zero-order chi connectivity index (χ0) is 12.7. The van der Waals surface area contributed by atoms with Crippen molar-refractivity contribution in [2.24, 2.45) is 0 Å². The van der Waals surface area contributed by atoms with E-state index in [1.165, 1.54) is 6.42 Å². The fourth-order valence-electron chi connectivity index (χ4n) is 2.37. The highest BCUT2D eigenvalue weighted by Crippen LogP contribution is 2.20. The molecule has 0 bridgehead atoms. The molecule has 6 heteroatoms. The van der Waals surface area contributed by atoms with Crippen LogP contribution in [0, 0.1) is 0 Å². The predicted molar refractivity (Wildman–Crippen MR) is 77.5 cm³/mol. The first-order valence-corrected chi connectivity index (χ1v) is 10.6. The van der Waals surface area contributed by atoms with Gasteiger partial charge in [-0.1, -0.05) is 0 Å². The van der Waals surface area contributed by atoms with Gasteiger partial charge in [0.1, 0.15) is 0 Å². The number of hydrogen-bond acceptors (Lipinski definition) is 5. The summed E-state index contributed by atoms with van der Waals surface area (Å²) in [6.07, 6.45) is 1.19. The van der Waals surface area contributed by atoms with E-state index in [4.69, 9.17) is 13.6 Å². The van der Waals surface area contributed by atoms with Crippen LogP contribution in [0.5, 0.6) is 0 Å². The number of thioether (sulfide) groups is 1. The average molecular weight is 291 g/mol. The second-order valence-electron chi connectivity index (χ2n) is 5.00. The molecule has 2 rings (SSSR count). The summed E-state index contributed by atoms with van der Waals surface area (Å²) < 4.78 is 17.4. The zero-order valence-electron chi connectivity index (χ0n) is 11.4. The third-order valence-corrected chi connectivity index (χ3v) is 7.28. The van der Waals surface area contributed by atoms with Gasteiger partial charge in [-0.05, 0) is 25.6 Å². The Morgan fingerprint density at radius 1 is 1.06 bits per heavy atom. The normalized spacial score (nSPS) is 26.5. The van der Waals surface area contributed by atoms with Crippen molar-refractivity contribution in [3.63, 3.8) is 0 Å². The molecule has 0 spiro atoms. The Kier molecular flexibility index (Phi) is 6.47. The molecule has 0 amide bonds. The van der Waals surface area contributed by atoms with Crippen LogP contribution >= 0.6 is 11.8 Å². The second-order valence-corrected chi connectivity index (χ2v) is 9.57. The van der Waals surface area contributed by atoms with E-state index in [1.807, 2.05) is 11.8 Å². The first-order chi connectivity index (χ1) is 8.79. The van der Waals surface area contributed by atoms with E-state index < -0.39 is 8.56 Å². The lowest BCUT2D eigenvalue weighted by atomic mass is 10.3. The van der Waals surface area contributed by atoms with Crippen molar-refractivity contribution in [1.29, 1.82) is 0 Å². The Bertz CT molecular complexity index is 231. The summed E-state index contributed by atoms with van der Waals surface area (Å²) in [7, 11) is -1.87. The van der Waals surface area contributed by atoms with Crippen LogP contribution in [0.2, 0.25) is 12.6 Å². The van der Waals surface area contributed by atoms with Gasteiger partial charge in [-0.25, -0.2) is 0 Å². The minimum absolute atomic E-state index is 0.866. The van der Waals surface area contributed by atoms with Gasteiger partial charge in [0.25, 0.3) is 0 Å². The minimum Gasteiger partial charge on any atom is -0.393 e. The molecule has 2 aliphatic heterocycles. The predicted octanol–water partition coefficient (Wildman–Crippen LogP) is 1.56. The van der Waals surface area contributed by atoms with E-state index >= 15 is 0 Å². The molecule has 2 saturated heterocycles. The quantitative estimate of drug-likeness (QED) is 0.734. The molecule has 0 aliphatic carbocycles. The van der Waals surface area contributed by atoms with Crippen LogP contribution in [-0.4, -0.2) is 71.0 Å². The number of rotatable bonds is 4. The van der Waals surface area contributed by atoms with Crippen molar-refractivity contribution < 1.29 is 13.6 Å². The number of nitrogens with zero attached hydrogens (tertiary/aromatic N) is 1. The van der Waals surface area contributed by atoms with Crippen LogP contribution < -0.4 is 0 Å². The summed E-state index contributed by atoms with van der Waals surface area (Å²) in [6.45, 7) is 9.05. The second kappa shape index (κ2) is 7.87. The third-order valence-electron chi connectivity index (χ3n) is 3.48. The van der Waals surface area contributed by atoms with E-state index in [1.54, 1.807) is 0 Å². The summed E-state index contributed by atoms with van der Waals surface area (Å²) >= 11 is 1.93. The molecule has 0 aromatic carbocycles. The number of hydrogen-bond donors (Lipinski definition) is 0. The minimum atomic E-state index is -1.87. The molecule has 2 aliphatic rings. The Balaban J connectivity index is 1.66. The van der Waals surface area contributed by atoms with Crippen LogP contribution in [0.15, 0.2) is 0 Å². The summed E-state index contributed by atoms with van der Waals surface area (Å²) in [5.74, 6) is 2.24. The van der Waals surface area contributed by atoms with Crippen molar-refractivity contribution in [3.8, 4) is 0 Å². The van der Waals surface area contributed by atoms with Crippen molar-refractivity contribution in [1.82, 2.24) is 4.90 Å². The Hall–Kier alpha value is 0.407. The zero-order valence-corrected chi connectivity index (χ0v) is 13.2. The molecule has 0 atom stereocenters. The molecule has 0 radical (unpaired) electrons. The smallest absolute Gasteiger partial charge is 0.335 e. The standard InChI is InChI=1S/C12H25NO3SSi/c1-18(15-8-10-17-11-9-16-18)12-2-3-13-4-6-14-7-5-13/h2-12H2,1H3. The van der Waals surface area contributed by atoms with Gasteiger partial charge in [-0.15, -0.1) is 0 Å². The third kappa shape index (κ3) is 5.18. The molecule has 4 nitrogen and oxygen atoms in total. The maximum Gasteiger partial charge on any atom is 0.335 e. The lowest BCUT2D eigenvalue weighted by Gasteiger charge is -2.31. The van der Waals surface area contributed by atoms with Crippen LogP contribution in [-0.2, 0) is 13.6 Å². The largest absolute Gasteiger partial charge is 0.393 e. The lowest BCUT2D eigenvalue weighted by Crippen LogP contribution is -2.42. The van der Waals surface area contributed by atoms with Gasteiger partial charge < -0.3 is 13.6 Å². The van der Waals surface area contributed by atoms with Gasteiger partial charge in [0.15, 0.2) is 0 Å². The molecular formula is C12H25NO3SSi. The van der Waals surface area contributed by atoms with Crippen LogP contribution in [0.4, 0.5) is 0 Å². The highest BCUT2D eigenvalue weighted by molar-refractivity contribution is 7.99. The lowest BCUT2D eigenvalue weighted by molar-refractivity contribution is 0.0376. The van der Waals surface area contributed by atoms with Crippen molar-refractivity contribution in [2.75, 3.05) is 57.6 Å². The highest BCUT2D eigenvalue weighted by atomic mass is 32.2. The van der Waals surface area contributed by atoms with Crippen LogP contribution in [0.3, 0.4) is 0 Å². The molecule has 2 heterocycles. The van der Waals surface area contributed by atoms with Crippen molar-refractivity contribution >= 4 is 20.3 Å². The van der Waals surface area contributed by atoms with E-state index in [0.717, 1.165) is 63.6 Å². The summed E-state index contributed by atoms with van der Waals surface area (Å²) in [4.78, 5) is 2.49. The molecule has 0 N–H and O–H groups in total. The average Bonchev–Trinajstić information content (AvgIpc) is 2.36. The van der Waals surface area contributed by atoms with E-state index in [-0.39, 0.29) is 0 Å². The first kappa shape index (κ1) is 14.8. The Morgan fingerprint density at radius 2 is 1.72 bits per heavy atom. The highest BCUT2D eigenvalue weighted by Gasteiger charge is 2.32. The molecule has 0 aromatic heterocycles. The van der Waals surface area contributed by atoms with Gasteiger partial charge in [0.2, 0.25) is 0 Å². The molecule has 0 saturated carbocycles. The molecular weight excluding hydrogens is 266 g/mol. The van der Waals surface area contributed by atoms with Crippen LogP contribution in [0.1, 0.15) is 6.42 Å².